The van der Waals surface area contributed by atoms with E-state index in [0.29, 0.717) is 18.8 Å². The Morgan fingerprint density at radius 2 is 2.22 bits per heavy atom. The molecule has 6 heteroatoms. The number of carbonyl (C=O) groups excluding carboxylic acids is 1. The standard InChI is InChI=1S/C12H16ClN3O2/c1-7(2)12(18)5-16(6-12)11(17)9-3-8(14)4-15-10(9)13/h3-4,7,18H,5-6,14H2,1-2H3. The summed E-state index contributed by atoms with van der Waals surface area (Å²) < 4.78 is 0. The quantitative estimate of drug-likeness (QED) is 0.790. The van der Waals surface area contributed by atoms with Crippen molar-refractivity contribution >= 4 is 23.2 Å². The second-order valence-corrected chi connectivity index (χ2v) is 5.38. The summed E-state index contributed by atoms with van der Waals surface area (Å²) in [5.74, 6) is -0.138. The van der Waals surface area contributed by atoms with E-state index in [-0.39, 0.29) is 22.5 Å². The Labute approximate surface area is 111 Å². The average molecular weight is 270 g/mol. The zero-order valence-corrected chi connectivity index (χ0v) is 11.1. The predicted octanol–water partition coefficient (Wildman–Crippen LogP) is 1.16. The molecule has 0 bridgehead atoms. The highest BCUT2D eigenvalue weighted by Crippen LogP contribution is 2.30. The lowest BCUT2D eigenvalue weighted by molar-refractivity contribution is -0.110. The van der Waals surface area contributed by atoms with Gasteiger partial charge in [-0.3, -0.25) is 4.79 Å². The lowest BCUT2D eigenvalue weighted by Crippen LogP contribution is -2.66. The van der Waals surface area contributed by atoms with Crippen LogP contribution < -0.4 is 5.73 Å². The van der Waals surface area contributed by atoms with Crippen LogP contribution in [0, 0.1) is 5.92 Å². The highest BCUT2D eigenvalue weighted by atomic mass is 35.5. The number of anilines is 1. The third kappa shape index (κ3) is 2.15. The van der Waals surface area contributed by atoms with Crippen LogP contribution in [0.2, 0.25) is 5.15 Å². The Morgan fingerprint density at radius 1 is 1.61 bits per heavy atom. The van der Waals surface area contributed by atoms with Gasteiger partial charge in [0, 0.05) is 0 Å². The summed E-state index contributed by atoms with van der Waals surface area (Å²) in [7, 11) is 0. The molecule has 0 unspecified atom stereocenters. The zero-order valence-electron chi connectivity index (χ0n) is 10.4. The number of rotatable bonds is 2. The fourth-order valence-electron chi connectivity index (χ4n) is 1.91. The Hall–Kier alpha value is -1.33. The average Bonchev–Trinajstić information content (AvgIpc) is 2.27. The van der Waals surface area contributed by atoms with E-state index < -0.39 is 5.60 Å². The van der Waals surface area contributed by atoms with E-state index >= 15 is 0 Å². The summed E-state index contributed by atoms with van der Waals surface area (Å²) in [6.45, 7) is 4.48. The van der Waals surface area contributed by atoms with Gasteiger partial charge in [0.15, 0.2) is 0 Å². The van der Waals surface area contributed by atoms with Crippen molar-refractivity contribution in [2.45, 2.75) is 19.4 Å². The summed E-state index contributed by atoms with van der Waals surface area (Å²) in [5, 5.41) is 10.2. The first-order valence-electron chi connectivity index (χ1n) is 5.76. The van der Waals surface area contributed by atoms with E-state index in [1.54, 1.807) is 4.90 Å². The van der Waals surface area contributed by atoms with Crippen LogP contribution in [0.1, 0.15) is 24.2 Å². The normalized spacial score (nSPS) is 17.7. The number of nitrogens with zero attached hydrogens (tertiary/aromatic N) is 2. The van der Waals surface area contributed by atoms with Gasteiger partial charge in [-0.05, 0) is 12.0 Å². The molecular weight excluding hydrogens is 254 g/mol. The molecule has 0 atom stereocenters. The van der Waals surface area contributed by atoms with Gasteiger partial charge in [-0.25, -0.2) is 4.98 Å². The van der Waals surface area contributed by atoms with Gasteiger partial charge in [-0.2, -0.15) is 0 Å². The molecule has 0 saturated carbocycles. The first-order chi connectivity index (χ1) is 8.33. The Morgan fingerprint density at radius 3 is 2.78 bits per heavy atom. The predicted molar refractivity (Wildman–Crippen MR) is 69.4 cm³/mol. The number of halogens is 1. The van der Waals surface area contributed by atoms with E-state index in [1.165, 1.54) is 12.3 Å². The van der Waals surface area contributed by atoms with Crippen molar-refractivity contribution in [1.29, 1.82) is 0 Å². The van der Waals surface area contributed by atoms with Gasteiger partial charge in [-0.1, -0.05) is 25.4 Å². The minimum Gasteiger partial charge on any atom is -0.397 e. The summed E-state index contributed by atoms with van der Waals surface area (Å²) in [4.78, 5) is 17.5. The molecule has 2 rings (SSSR count). The molecule has 0 radical (unpaired) electrons. The SMILES string of the molecule is CC(C)C1(O)CN(C(=O)c2cc(N)cnc2Cl)C1. The molecule has 1 aromatic heterocycles. The van der Waals surface area contributed by atoms with Crippen LogP contribution in [0.5, 0.6) is 0 Å². The highest BCUT2D eigenvalue weighted by Gasteiger charge is 2.46. The minimum atomic E-state index is -0.796. The van der Waals surface area contributed by atoms with Crippen LogP contribution in [-0.2, 0) is 0 Å². The monoisotopic (exact) mass is 269 g/mol. The number of hydrogen-bond donors (Lipinski definition) is 2. The number of nitrogens with two attached hydrogens (primary N) is 1. The van der Waals surface area contributed by atoms with Gasteiger partial charge in [0.05, 0.1) is 30.5 Å². The maximum absolute atomic E-state index is 12.1. The van der Waals surface area contributed by atoms with Crippen molar-refractivity contribution in [2.75, 3.05) is 18.8 Å². The fourth-order valence-corrected chi connectivity index (χ4v) is 2.09. The molecule has 1 aromatic rings. The van der Waals surface area contributed by atoms with Crippen molar-refractivity contribution < 1.29 is 9.90 Å². The third-order valence-corrected chi connectivity index (χ3v) is 3.68. The lowest BCUT2D eigenvalue weighted by atomic mass is 9.82. The largest absolute Gasteiger partial charge is 0.397 e. The summed E-state index contributed by atoms with van der Waals surface area (Å²) >= 11 is 5.87. The lowest BCUT2D eigenvalue weighted by Gasteiger charge is -2.49. The van der Waals surface area contributed by atoms with Crippen molar-refractivity contribution in [3.63, 3.8) is 0 Å². The second kappa shape index (κ2) is 4.40. The Bertz CT molecular complexity index is 484. The molecular formula is C12H16ClN3O2. The molecule has 0 aliphatic carbocycles. The topological polar surface area (TPSA) is 79.5 Å². The van der Waals surface area contributed by atoms with Crippen LogP contribution in [-0.4, -0.2) is 39.6 Å². The van der Waals surface area contributed by atoms with E-state index in [9.17, 15) is 9.90 Å². The Kier molecular flexibility index (Phi) is 3.21. The zero-order chi connectivity index (χ0) is 13.5. The number of β-amino-alcohol motifs (C(OH)–C–C–N with tert-alkyl or cyclic N) is 1. The number of likely N-dealkylation sites (tertiary alicyclic amines) is 1. The minimum absolute atomic E-state index is 0.107. The highest BCUT2D eigenvalue weighted by molar-refractivity contribution is 6.32. The molecule has 0 spiro atoms. The van der Waals surface area contributed by atoms with Crippen LogP contribution in [0.3, 0.4) is 0 Å². The summed E-state index contributed by atoms with van der Waals surface area (Å²) in [6, 6.07) is 1.50. The molecule has 5 nitrogen and oxygen atoms in total. The molecule has 1 aliphatic heterocycles. The van der Waals surface area contributed by atoms with Crippen LogP contribution in [0.4, 0.5) is 5.69 Å². The third-order valence-electron chi connectivity index (χ3n) is 3.38. The molecule has 1 saturated heterocycles. The smallest absolute Gasteiger partial charge is 0.257 e. The van der Waals surface area contributed by atoms with Gasteiger partial charge < -0.3 is 15.7 Å². The molecule has 0 aromatic carbocycles. The maximum atomic E-state index is 12.1. The number of aliphatic hydroxyl groups is 1. The number of pyridine rings is 1. The molecule has 1 aliphatic rings. The van der Waals surface area contributed by atoms with E-state index in [1.807, 2.05) is 13.8 Å². The van der Waals surface area contributed by atoms with Crippen molar-refractivity contribution in [3.05, 3.63) is 23.0 Å². The van der Waals surface area contributed by atoms with Crippen molar-refractivity contribution in [1.82, 2.24) is 9.88 Å². The summed E-state index contributed by atoms with van der Waals surface area (Å²) in [5.41, 5.74) is 5.46. The summed E-state index contributed by atoms with van der Waals surface area (Å²) in [6.07, 6.45) is 1.40. The molecule has 3 N–H and O–H groups in total. The molecule has 1 fully saturated rings. The van der Waals surface area contributed by atoms with E-state index in [4.69, 9.17) is 17.3 Å². The first kappa shape index (κ1) is 13.1. The van der Waals surface area contributed by atoms with Crippen LogP contribution in [0.25, 0.3) is 0 Å². The maximum Gasteiger partial charge on any atom is 0.257 e. The van der Waals surface area contributed by atoms with Gasteiger partial charge >= 0.3 is 0 Å². The number of aromatic nitrogens is 1. The molecule has 98 valence electrons. The first-order valence-corrected chi connectivity index (χ1v) is 6.14. The number of carbonyl (C=O) groups is 1. The van der Waals surface area contributed by atoms with Gasteiger partial charge in [0.25, 0.3) is 5.91 Å². The van der Waals surface area contributed by atoms with E-state index in [2.05, 4.69) is 4.98 Å². The molecule has 1 amide bonds. The number of nitrogen functional groups attached to an aromatic ring is 1. The fraction of sp³-hybridized carbons (Fsp3) is 0.500. The van der Waals surface area contributed by atoms with Crippen molar-refractivity contribution in [2.24, 2.45) is 5.92 Å². The second-order valence-electron chi connectivity index (χ2n) is 5.03. The van der Waals surface area contributed by atoms with E-state index in [0.717, 1.165) is 0 Å². The number of hydrogen-bond acceptors (Lipinski definition) is 4. The number of amides is 1. The molecule has 2 heterocycles. The van der Waals surface area contributed by atoms with Crippen LogP contribution in [0.15, 0.2) is 12.3 Å². The van der Waals surface area contributed by atoms with Gasteiger partial charge in [-0.15, -0.1) is 0 Å². The van der Waals surface area contributed by atoms with Crippen LogP contribution >= 0.6 is 11.6 Å². The van der Waals surface area contributed by atoms with Gasteiger partial charge in [0.1, 0.15) is 10.8 Å². The Balaban J connectivity index is 2.13. The molecule has 18 heavy (non-hydrogen) atoms. The van der Waals surface area contributed by atoms with Crippen molar-refractivity contribution in [3.8, 4) is 0 Å². The van der Waals surface area contributed by atoms with Gasteiger partial charge in [0.2, 0.25) is 0 Å².